The summed E-state index contributed by atoms with van der Waals surface area (Å²) in [5.74, 6) is 0.465. The van der Waals surface area contributed by atoms with Crippen LogP contribution >= 0.6 is 0 Å². The zero-order valence-corrected chi connectivity index (χ0v) is 13.5. The Balaban J connectivity index is 2.01. The molecule has 1 aliphatic heterocycles. The van der Waals surface area contributed by atoms with Crippen LogP contribution in [0.15, 0.2) is 23.1 Å². The number of unbranched alkanes of at least 4 members (excludes halogenated alkanes) is 1. The molecule has 0 aromatic heterocycles. The average molecular weight is 313 g/mol. The first-order valence-electron chi connectivity index (χ1n) is 7.66. The van der Waals surface area contributed by atoms with Crippen LogP contribution in [-0.4, -0.2) is 20.7 Å². The smallest absolute Gasteiger partial charge is 0.178 e. The van der Waals surface area contributed by atoms with Crippen LogP contribution in [0.3, 0.4) is 0 Å². The van der Waals surface area contributed by atoms with E-state index in [0.29, 0.717) is 17.9 Å². The van der Waals surface area contributed by atoms with E-state index in [4.69, 9.17) is 0 Å². The summed E-state index contributed by atoms with van der Waals surface area (Å²) in [4.78, 5) is 0.287. The Morgan fingerprint density at radius 3 is 2.81 bits per heavy atom. The van der Waals surface area contributed by atoms with Gasteiger partial charge in [0.05, 0.1) is 10.6 Å². The lowest BCUT2D eigenvalue weighted by molar-refractivity contribution is 0.461. The largest absolute Gasteiger partial charge is 0.310 e. The summed E-state index contributed by atoms with van der Waals surface area (Å²) in [5, 5.41) is 3.39. The summed E-state index contributed by atoms with van der Waals surface area (Å²) in [6, 6.07) is 3.92. The van der Waals surface area contributed by atoms with Gasteiger partial charge in [-0.25, -0.2) is 12.8 Å². The lowest BCUT2D eigenvalue weighted by Gasteiger charge is -2.26. The van der Waals surface area contributed by atoms with Gasteiger partial charge in [0.1, 0.15) is 5.82 Å². The fourth-order valence-corrected chi connectivity index (χ4v) is 4.38. The fourth-order valence-electron chi connectivity index (χ4n) is 2.78. The molecule has 0 saturated heterocycles. The predicted octanol–water partition coefficient (Wildman–Crippen LogP) is 3.46. The highest BCUT2D eigenvalue weighted by Crippen LogP contribution is 2.32. The summed E-state index contributed by atoms with van der Waals surface area (Å²) < 4.78 is 37.5. The minimum atomic E-state index is -3.24. The number of nitrogens with one attached hydrogen (secondary N) is 1. The SMILES string of the molecule is CC(C)CCCCNC1CCS(=O)(=O)c2ccc(F)cc21. The molecule has 1 atom stereocenters. The van der Waals surface area contributed by atoms with Crippen molar-refractivity contribution in [2.75, 3.05) is 12.3 Å². The van der Waals surface area contributed by atoms with Crippen LogP contribution in [0, 0.1) is 11.7 Å². The number of hydrogen-bond acceptors (Lipinski definition) is 3. The zero-order chi connectivity index (χ0) is 15.5. The fraction of sp³-hybridized carbons (Fsp3) is 0.625. The van der Waals surface area contributed by atoms with Gasteiger partial charge >= 0.3 is 0 Å². The van der Waals surface area contributed by atoms with Crippen molar-refractivity contribution in [3.8, 4) is 0 Å². The van der Waals surface area contributed by atoms with Gasteiger partial charge in [0.2, 0.25) is 0 Å². The minimum Gasteiger partial charge on any atom is -0.310 e. The molecule has 1 heterocycles. The highest BCUT2D eigenvalue weighted by atomic mass is 32.2. The van der Waals surface area contributed by atoms with Crippen molar-refractivity contribution in [1.82, 2.24) is 5.32 Å². The monoisotopic (exact) mass is 313 g/mol. The zero-order valence-electron chi connectivity index (χ0n) is 12.7. The van der Waals surface area contributed by atoms with E-state index in [1.807, 2.05) is 0 Å². The number of benzene rings is 1. The van der Waals surface area contributed by atoms with Crippen LogP contribution < -0.4 is 5.32 Å². The van der Waals surface area contributed by atoms with Gasteiger partial charge in [-0.2, -0.15) is 0 Å². The molecular weight excluding hydrogens is 289 g/mol. The predicted molar refractivity (Wildman–Crippen MR) is 82.5 cm³/mol. The van der Waals surface area contributed by atoms with Gasteiger partial charge in [-0.05, 0) is 49.1 Å². The lowest BCUT2D eigenvalue weighted by Crippen LogP contribution is -2.30. The van der Waals surface area contributed by atoms with Crippen LogP contribution in [-0.2, 0) is 9.84 Å². The van der Waals surface area contributed by atoms with Gasteiger partial charge in [0.25, 0.3) is 0 Å². The summed E-state index contributed by atoms with van der Waals surface area (Å²) in [6.45, 7) is 5.25. The van der Waals surface area contributed by atoms with Crippen molar-refractivity contribution in [2.45, 2.75) is 50.5 Å². The quantitative estimate of drug-likeness (QED) is 0.646. The third kappa shape index (κ3) is 4.27. The van der Waals surface area contributed by atoms with Crippen LogP contribution in [0.2, 0.25) is 0 Å². The number of halogens is 1. The molecule has 1 N–H and O–H groups in total. The van der Waals surface area contributed by atoms with Crippen molar-refractivity contribution in [3.05, 3.63) is 29.6 Å². The Morgan fingerprint density at radius 1 is 1.33 bits per heavy atom. The van der Waals surface area contributed by atoms with E-state index in [1.54, 1.807) is 0 Å². The van der Waals surface area contributed by atoms with Crippen LogP contribution in [0.4, 0.5) is 4.39 Å². The molecule has 3 nitrogen and oxygen atoms in total. The third-order valence-corrected chi connectivity index (χ3v) is 5.77. The summed E-state index contributed by atoms with van der Waals surface area (Å²) in [5.41, 5.74) is 0.588. The molecule has 0 aliphatic carbocycles. The van der Waals surface area contributed by atoms with Crippen LogP contribution in [0.5, 0.6) is 0 Å². The second-order valence-corrected chi connectivity index (χ2v) is 8.26. The summed E-state index contributed by atoms with van der Waals surface area (Å²) in [7, 11) is -3.24. The maximum atomic E-state index is 13.4. The molecule has 0 radical (unpaired) electrons. The first-order valence-corrected chi connectivity index (χ1v) is 9.31. The number of hydrogen-bond donors (Lipinski definition) is 1. The topological polar surface area (TPSA) is 46.2 Å². The molecule has 21 heavy (non-hydrogen) atoms. The van der Waals surface area contributed by atoms with E-state index in [-0.39, 0.29) is 22.5 Å². The second kappa shape index (κ2) is 6.88. The highest BCUT2D eigenvalue weighted by Gasteiger charge is 2.30. The minimum absolute atomic E-state index is 0.0572. The number of fused-ring (bicyclic) bond motifs is 1. The molecule has 0 spiro atoms. The van der Waals surface area contributed by atoms with Gasteiger partial charge in [0, 0.05) is 6.04 Å². The molecule has 5 heteroatoms. The van der Waals surface area contributed by atoms with E-state index in [0.717, 1.165) is 19.4 Å². The Bertz CT molecular complexity index is 584. The normalized spacial score (nSPS) is 20.5. The van der Waals surface area contributed by atoms with Crippen molar-refractivity contribution >= 4 is 9.84 Å². The molecule has 0 saturated carbocycles. The Labute approximate surface area is 126 Å². The maximum Gasteiger partial charge on any atom is 0.178 e. The number of sulfone groups is 1. The average Bonchev–Trinajstić information content (AvgIpc) is 2.40. The van der Waals surface area contributed by atoms with Gasteiger partial charge in [-0.3, -0.25) is 0 Å². The molecule has 1 unspecified atom stereocenters. The van der Waals surface area contributed by atoms with Gasteiger partial charge in [-0.1, -0.05) is 26.7 Å². The first-order chi connectivity index (χ1) is 9.90. The molecule has 118 valence electrons. The second-order valence-electron chi connectivity index (χ2n) is 6.19. The molecule has 0 amide bonds. The lowest BCUT2D eigenvalue weighted by atomic mass is 10.0. The summed E-state index contributed by atoms with van der Waals surface area (Å²) >= 11 is 0. The van der Waals surface area contributed by atoms with Crippen LogP contribution in [0.25, 0.3) is 0 Å². The third-order valence-electron chi connectivity index (χ3n) is 3.96. The van der Waals surface area contributed by atoms with E-state index >= 15 is 0 Å². The van der Waals surface area contributed by atoms with E-state index in [9.17, 15) is 12.8 Å². The van der Waals surface area contributed by atoms with E-state index in [2.05, 4.69) is 19.2 Å². The molecule has 1 aliphatic rings. The molecule has 0 bridgehead atoms. The van der Waals surface area contributed by atoms with Gasteiger partial charge in [0.15, 0.2) is 9.84 Å². The van der Waals surface area contributed by atoms with Crippen molar-refractivity contribution in [2.24, 2.45) is 5.92 Å². The Morgan fingerprint density at radius 2 is 2.10 bits per heavy atom. The van der Waals surface area contributed by atoms with Crippen molar-refractivity contribution in [1.29, 1.82) is 0 Å². The highest BCUT2D eigenvalue weighted by molar-refractivity contribution is 7.91. The molecule has 0 fully saturated rings. The molecular formula is C16H24FNO2S. The Hall–Kier alpha value is -0.940. The van der Waals surface area contributed by atoms with Crippen molar-refractivity contribution in [3.63, 3.8) is 0 Å². The van der Waals surface area contributed by atoms with Gasteiger partial charge in [-0.15, -0.1) is 0 Å². The van der Waals surface area contributed by atoms with E-state index in [1.165, 1.54) is 24.6 Å². The first kappa shape index (κ1) is 16.4. The Kier molecular flexibility index (Phi) is 5.38. The molecule has 1 aromatic carbocycles. The van der Waals surface area contributed by atoms with Crippen LogP contribution in [0.1, 0.15) is 51.1 Å². The van der Waals surface area contributed by atoms with Crippen molar-refractivity contribution < 1.29 is 12.8 Å². The van der Waals surface area contributed by atoms with E-state index < -0.39 is 9.84 Å². The maximum absolute atomic E-state index is 13.4. The van der Waals surface area contributed by atoms with Gasteiger partial charge < -0.3 is 5.32 Å². The number of rotatable bonds is 6. The standard InChI is InChI=1S/C16H24FNO2S/c1-12(2)5-3-4-9-18-15-8-10-21(19,20)16-7-6-13(17)11-14(15)16/h6-7,11-12,15,18H,3-5,8-10H2,1-2H3. The summed E-state index contributed by atoms with van der Waals surface area (Å²) in [6.07, 6.45) is 3.94. The molecule has 2 rings (SSSR count). The molecule has 1 aromatic rings.